The van der Waals surface area contributed by atoms with Crippen LogP contribution < -0.4 is 16.4 Å². The molecule has 7 nitrogen and oxygen atoms in total. The Morgan fingerprint density at radius 2 is 2.33 bits per heavy atom. The third-order valence-corrected chi connectivity index (χ3v) is 2.84. The van der Waals surface area contributed by atoms with E-state index >= 15 is 0 Å². The van der Waals surface area contributed by atoms with Crippen molar-refractivity contribution in [2.45, 2.75) is 19.4 Å². The highest BCUT2D eigenvalue weighted by Crippen LogP contribution is 2.07. The molecule has 0 aromatic carbocycles. The zero-order valence-electron chi connectivity index (χ0n) is 10.3. The van der Waals surface area contributed by atoms with E-state index in [9.17, 15) is 9.59 Å². The summed E-state index contributed by atoms with van der Waals surface area (Å²) in [7, 11) is 0. The van der Waals surface area contributed by atoms with E-state index in [0.29, 0.717) is 12.2 Å². The third-order valence-electron chi connectivity index (χ3n) is 2.20. The minimum Gasteiger partial charge on any atom is -0.352 e. The van der Waals surface area contributed by atoms with E-state index in [4.69, 9.17) is 5.73 Å². The third kappa shape index (κ3) is 4.66. The first kappa shape index (κ1) is 14.4. The van der Waals surface area contributed by atoms with Gasteiger partial charge >= 0.3 is 6.03 Å². The molecule has 1 aromatic heterocycles. The molecule has 0 aliphatic heterocycles. The Hall–Kier alpha value is -1.70. The summed E-state index contributed by atoms with van der Waals surface area (Å²) >= 11 is 1.59. The molecule has 1 aromatic rings. The number of nitrogens with zero attached hydrogens (tertiary/aromatic N) is 1. The van der Waals surface area contributed by atoms with Gasteiger partial charge in [-0.1, -0.05) is 0 Å². The van der Waals surface area contributed by atoms with Crippen LogP contribution in [0.1, 0.15) is 12.1 Å². The highest BCUT2D eigenvalue weighted by Gasteiger charge is 2.20. The van der Waals surface area contributed by atoms with E-state index in [-0.39, 0.29) is 5.91 Å². The van der Waals surface area contributed by atoms with E-state index in [1.165, 1.54) is 0 Å². The second-order valence-electron chi connectivity index (χ2n) is 3.77. The molecule has 0 saturated heterocycles. The van der Waals surface area contributed by atoms with E-state index in [0.717, 1.165) is 11.4 Å². The summed E-state index contributed by atoms with van der Waals surface area (Å²) in [6.07, 6.45) is 2.44. The van der Waals surface area contributed by atoms with Crippen LogP contribution in [-0.2, 0) is 4.79 Å². The first-order valence-electron chi connectivity index (χ1n) is 5.40. The molecule has 1 atom stereocenters. The Balaban J connectivity index is 2.60. The lowest BCUT2D eigenvalue weighted by molar-refractivity contribution is -0.118. The average Bonchev–Trinajstić information content (AvgIpc) is 2.69. The molecule has 100 valence electrons. The highest BCUT2D eigenvalue weighted by molar-refractivity contribution is 7.98. The standard InChI is InChI=1S/C10H17N5O2S/c1-6-5-8(15-14-6)13-9(16)7(3-4-18-2)12-10(11)17/h5,7H,3-4H2,1-2H3,(H3,11,12,17)(H2,13,14,15,16). The van der Waals surface area contributed by atoms with Gasteiger partial charge in [-0.3, -0.25) is 9.89 Å². The first-order valence-corrected chi connectivity index (χ1v) is 6.80. The van der Waals surface area contributed by atoms with E-state index in [2.05, 4.69) is 20.8 Å². The number of aromatic nitrogens is 2. The van der Waals surface area contributed by atoms with Gasteiger partial charge in [-0.15, -0.1) is 0 Å². The molecule has 0 saturated carbocycles. The topological polar surface area (TPSA) is 113 Å². The van der Waals surface area contributed by atoms with Gasteiger partial charge in [0.15, 0.2) is 5.82 Å². The molecule has 1 heterocycles. The molecule has 8 heteroatoms. The molecule has 3 amide bonds. The minimum absolute atomic E-state index is 0.325. The van der Waals surface area contributed by atoms with Crippen molar-refractivity contribution in [2.75, 3.05) is 17.3 Å². The van der Waals surface area contributed by atoms with Gasteiger partial charge in [0.25, 0.3) is 0 Å². The van der Waals surface area contributed by atoms with Gasteiger partial charge in [-0.05, 0) is 25.4 Å². The van der Waals surface area contributed by atoms with Crippen LogP contribution in [0.2, 0.25) is 0 Å². The van der Waals surface area contributed by atoms with Crippen LogP contribution in [0.15, 0.2) is 6.07 Å². The molecule has 0 aliphatic rings. The Morgan fingerprint density at radius 3 is 2.83 bits per heavy atom. The zero-order chi connectivity index (χ0) is 13.5. The van der Waals surface area contributed by atoms with Crippen LogP contribution >= 0.6 is 11.8 Å². The maximum absolute atomic E-state index is 11.9. The number of nitrogens with two attached hydrogens (primary N) is 1. The highest BCUT2D eigenvalue weighted by atomic mass is 32.2. The normalized spacial score (nSPS) is 11.9. The van der Waals surface area contributed by atoms with Gasteiger partial charge in [-0.25, -0.2) is 4.79 Å². The summed E-state index contributed by atoms with van der Waals surface area (Å²) in [5, 5.41) is 11.6. The van der Waals surface area contributed by atoms with Crippen molar-refractivity contribution in [3.63, 3.8) is 0 Å². The predicted molar refractivity (Wildman–Crippen MR) is 71.5 cm³/mol. The van der Waals surface area contributed by atoms with Gasteiger partial charge in [0.05, 0.1) is 0 Å². The number of H-pyrrole nitrogens is 1. The minimum atomic E-state index is -0.713. The Labute approximate surface area is 109 Å². The summed E-state index contributed by atoms with van der Waals surface area (Å²) in [5.41, 5.74) is 5.88. The van der Waals surface area contributed by atoms with Crippen LogP contribution in [-0.4, -0.2) is 40.2 Å². The lowest BCUT2D eigenvalue weighted by Gasteiger charge is -2.15. The monoisotopic (exact) mass is 271 g/mol. The Kier molecular flexibility index (Phi) is 5.50. The maximum Gasteiger partial charge on any atom is 0.312 e. The fourth-order valence-corrected chi connectivity index (χ4v) is 1.84. The van der Waals surface area contributed by atoms with Crippen molar-refractivity contribution in [3.05, 3.63) is 11.8 Å². The first-order chi connectivity index (χ1) is 8.52. The number of hydrogen-bond donors (Lipinski definition) is 4. The molecule has 1 unspecified atom stereocenters. The number of thioether (sulfide) groups is 1. The maximum atomic E-state index is 11.9. The molecule has 0 fully saturated rings. The molecule has 0 aliphatic carbocycles. The molecule has 0 bridgehead atoms. The SMILES string of the molecule is CSCCC(NC(N)=O)C(=O)Nc1cc(C)[nH]n1. The number of nitrogens with one attached hydrogen (secondary N) is 3. The molecule has 1 rings (SSSR count). The molecule has 18 heavy (non-hydrogen) atoms. The quantitative estimate of drug-likeness (QED) is 0.601. The van der Waals surface area contributed by atoms with Gasteiger partial charge < -0.3 is 16.4 Å². The summed E-state index contributed by atoms with van der Waals surface area (Å²) < 4.78 is 0. The smallest absolute Gasteiger partial charge is 0.312 e. The number of aryl methyl sites for hydroxylation is 1. The number of aromatic amines is 1. The number of anilines is 1. The van der Waals surface area contributed by atoms with Gasteiger partial charge in [0.1, 0.15) is 6.04 Å². The number of urea groups is 1. The molecule has 0 radical (unpaired) electrons. The van der Waals surface area contributed by atoms with Gasteiger partial charge in [0.2, 0.25) is 5.91 Å². The van der Waals surface area contributed by atoms with Crippen LogP contribution in [0, 0.1) is 6.92 Å². The van der Waals surface area contributed by atoms with Crippen molar-refractivity contribution in [2.24, 2.45) is 5.73 Å². The van der Waals surface area contributed by atoms with Crippen molar-refractivity contribution in [3.8, 4) is 0 Å². The molecule has 5 N–H and O–H groups in total. The second-order valence-corrected chi connectivity index (χ2v) is 4.75. The van der Waals surface area contributed by atoms with Crippen molar-refractivity contribution in [1.82, 2.24) is 15.5 Å². The number of hydrogen-bond acceptors (Lipinski definition) is 4. The summed E-state index contributed by atoms with van der Waals surface area (Å²) in [4.78, 5) is 22.8. The van der Waals surface area contributed by atoms with E-state index in [1.54, 1.807) is 17.8 Å². The van der Waals surface area contributed by atoms with Crippen LogP contribution in [0.25, 0.3) is 0 Å². The summed E-state index contributed by atoms with van der Waals surface area (Å²) in [5.74, 6) is 0.852. The largest absolute Gasteiger partial charge is 0.352 e. The van der Waals surface area contributed by atoms with E-state index in [1.807, 2.05) is 13.2 Å². The van der Waals surface area contributed by atoms with Gasteiger partial charge in [-0.2, -0.15) is 16.9 Å². The lowest BCUT2D eigenvalue weighted by atomic mass is 10.2. The molecular weight excluding hydrogens is 254 g/mol. The van der Waals surface area contributed by atoms with Crippen molar-refractivity contribution >= 4 is 29.5 Å². The number of amides is 3. The summed E-state index contributed by atoms with van der Waals surface area (Å²) in [6, 6.07) is 0.342. The number of carbonyl (C=O) groups is 2. The van der Waals surface area contributed by atoms with E-state index < -0.39 is 12.1 Å². The van der Waals surface area contributed by atoms with Gasteiger partial charge in [0, 0.05) is 11.8 Å². The fourth-order valence-electron chi connectivity index (χ4n) is 1.37. The molecule has 0 spiro atoms. The summed E-state index contributed by atoms with van der Waals surface area (Å²) in [6.45, 7) is 1.83. The Morgan fingerprint density at radius 1 is 1.61 bits per heavy atom. The van der Waals surface area contributed by atoms with Crippen LogP contribution in [0.4, 0.5) is 10.6 Å². The average molecular weight is 271 g/mol. The molecular formula is C10H17N5O2S. The predicted octanol–water partition coefficient (Wildman–Crippen LogP) is 0.447. The van der Waals surface area contributed by atoms with Crippen molar-refractivity contribution in [1.29, 1.82) is 0 Å². The number of primary amides is 1. The van der Waals surface area contributed by atoms with Crippen molar-refractivity contribution < 1.29 is 9.59 Å². The fraction of sp³-hybridized carbons (Fsp3) is 0.500. The number of carbonyl (C=O) groups excluding carboxylic acids is 2. The van der Waals surface area contributed by atoms with Crippen LogP contribution in [0.5, 0.6) is 0 Å². The Bertz CT molecular complexity index is 420. The lowest BCUT2D eigenvalue weighted by Crippen LogP contribution is -2.46. The van der Waals surface area contributed by atoms with Crippen LogP contribution in [0.3, 0.4) is 0 Å². The zero-order valence-corrected chi connectivity index (χ0v) is 11.1. The number of rotatable bonds is 6. The second kappa shape index (κ2) is 6.90.